The lowest BCUT2D eigenvalue weighted by molar-refractivity contribution is -0.308. The first-order valence-corrected chi connectivity index (χ1v) is 7.06. The highest BCUT2D eigenvalue weighted by Crippen LogP contribution is 2.46. The summed E-state index contributed by atoms with van der Waals surface area (Å²) in [4.78, 5) is 22.9. The Balaban J connectivity index is 2.29. The lowest BCUT2D eigenvalue weighted by Gasteiger charge is -2.50. The second kappa shape index (κ2) is 5.00. The van der Waals surface area contributed by atoms with Crippen LogP contribution in [0, 0.1) is 5.41 Å². The first-order valence-electron chi connectivity index (χ1n) is 7.06. The number of carbonyl (C=O) groups is 2. The normalized spacial score (nSPS) is 39.6. The average molecular weight is 285 g/mol. The number of rotatable bonds is 2. The highest BCUT2D eigenvalue weighted by molar-refractivity contribution is 5.78. The number of hydrogen-bond acceptors (Lipinski definition) is 5. The maximum absolute atomic E-state index is 11.6. The van der Waals surface area contributed by atoms with Crippen LogP contribution in [0.5, 0.6) is 0 Å². The predicted octanol–water partition coefficient (Wildman–Crippen LogP) is 0.720. The average Bonchev–Trinajstić information content (AvgIpc) is 2.60. The molecule has 0 bridgehead atoms. The van der Waals surface area contributed by atoms with Gasteiger partial charge in [-0.05, 0) is 6.42 Å². The molecule has 2 saturated heterocycles. The Morgan fingerprint density at radius 3 is 2.70 bits per heavy atom. The SMILES string of the molecule is CC[C@@H]1O[C@]2(C[C@H](O)C1(C)C)OC(=O)C[C@@H]2NC(C)=O. The molecule has 4 atom stereocenters. The van der Waals surface area contributed by atoms with E-state index in [1.54, 1.807) is 0 Å². The zero-order valence-corrected chi connectivity index (χ0v) is 12.4. The van der Waals surface area contributed by atoms with Crippen molar-refractivity contribution in [2.24, 2.45) is 5.41 Å². The van der Waals surface area contributed by atoms with Crippen LogP contribution >= 0.6 is 0 Å². The third kappa shape index (κ3) is 2.42. The Labute approximate surface area is 118 Å². The maximum Gasteiger partial charge on any atom is 0.310 e. The monoisotopic (exact) mass is 285 g/mol. The van der Waals surface area contributed by atoms with Crippen LogP contribution in [0.1, 0.15) is 47.0 Å². The first kappa shape index (κ1) is 15.3. The number of esters is 1. The molecule has 1 amide bonds. The van der Waals surface area contributed by atoms with Crippen molar-refractivity contribution in [1.82, 2.24) is 5.32 Å². The Bertz CT molecular complexity index is 422. The van der Waals surface area contributed by atoms with Crippen LogP contribution < -0.4 is 5.32 Å². The molecule has 1 spiro atoms. The lowest BCUT2D eigenvalue weighted by atomic mass is 9.73. The predicted molar refractivity (Wildman–Crippen MR) is 70.6 cm³/mol. The van der Waals surface area contributed by atoms with E-state index in [-0.39, 0.29) is 24.9 Å². The minimum Gasteiger partial charge on any atom is -0.431 e. The second-order valence-corrected chi connectivity index (χ2v) is 6.30. The van der Waals surface area contributed by atoms with Gasteiger partial charge in [0, 0.05) is 18.8 Å². The van der Waals surface area contributed by atoms with Gasteiger partial charge in [-0.2, -0.15) is 0 Å². The van der Waals surface area contributed by atoms with Crippen molar-refractivity contribution in [1.29, 1.82) is 0 Å². The minimum absolute atomic E-state index is 0.0726. The fourth-order valence-corrected chi connectivity index (χ4v) is 3.12. The number of hydrogen-bond donors (Lipinski definition) is 2. The van der Waals surface area contributed by atoms with Crippen molar-refractivity contribution < 1.29 is 24.2 Å². The molecule has 2 aliphatic rings. The van der Waals surface area contributed by atoms with Crippen molar-refractivity contribution in [3.63, 3.8) is 0 Å². The highest BCUT2D eigenvalue weighted by Gasteiger charge is 2.59. The van der Waals surface area contributed by atoms with E-state index in [4.69, 9.17) is 9.47 Å². The summed E-state index contributed by atoms with van der Waals surface area (Å²) in [5.41, 5.74) is -0.421. The van der Waals surface area contributed by atoms with Gasteiger partial charge in [0.15, 0.2) is 0 Å². The molecule has 2 rings (SSSR count). The van der Waals surface area contributed by atoms with E-state index in [1.165, 1.54) is 6.92 Å². The topological polar surface area (TPSA) is 84.9 Å². The molecule has 0 unspecified atom stereocenters. The molecule has 0 aliphatic carbocycles. The molecular formula is C14H23NO5. The van der Waals surface area contributed by atoms with Gasteiger partial charge < -0.3 is 19.9 Å². The molecule has 20 heavy (non-hydrogen) atoms. The molecule has 2 aliphatic heterocycles. The summed E-state index contributed by atoms with van der Waals surface area (Å²) in [6.45, 7) is 7.21. The third-order valence-electron chi connectivity index (χ3n) is 4.44. The highest BCUT2D eigenvalue weighted by atomic mass is 16.7. The molecule has 0 saturated carbocycles. The summed E-state index contributed by atoms with van der Waals surface area (Å²) >= 11 is 0. The van der Waals surface area contributed by atoms with Gasteiger partial charge in [0.05, 0.1) is 18.6 Å². The minimum atomic E-state index is -1.24. The zero-order chi connectivity index (χ0) is 15.1. The van der Waals surface area contributed by atoms with Gasteiger partial charge in [-0.1, -0.05) is 20.8 Å². The van der Waals surface area contributed by atoms with E-state index in [0.717, 1.165) is 0 Å². The van der Waals surface area contributed by atoms with Gasteiger partial charge in [0.1, 0.15) is 6.04 Å². The number of carbonyl (C=O) groups excluding carboxylic acids is 2. The Morgan fingerprint density at radius 1 is 1.50 bits per heavy atom. The van der Waals surface area contributed by atoms with Gasteiger partial charge in [0.25, 0.3) is 0 Å². The standard InChI is InChI=1S/C14H23NO5/c1-5-11-13(3,4)10(17)7-14(19-11)9(15-8(2)16)6-12(18)20-14/h9-11,17H,5-7H2,1-4H3,(H,15,16)/t9-,10-,11-,14+/m0/s1. The number of aliphatic hydroxyl groups is 1. The Hall–Kier alpha value is -1.14. The molecule has 0 aromatic carbocycles. The van der Waals surface area contributed by atoms with Crippen LogP contribution in [-0.2, 0) is 19.1 Å². The molecule has 6 heteroatoms. The van der Waals surface area contributed by atoms with Crippen molar-refractivity contribution in [3.05, 3.63) is 0 Å². The van der Waals surface area contributed by atoms with Gasteiger partial charge >= 0.3 is 5.97 Å². The molecule has 114 valence electrons. The van der Waals surface area contributed by atoms with Gasteiger partial charge in [-0.3, -0.25) is 9.59 Å². The number of amides is 1. The van der Waals surface area contributed by atoms with E-state index in [2.05, 4.69) is 5.32 Å². The molecule has 0 aromatic rings. The van der Waals surface area contributed by atoms with Crippen molar-refractivity contribution in [2.45, 2.75) is 71.0 Å². The van der Waals surface area contributed by atoms with Gasteiger partial charge in [-0.15, -0.1) is 0 Å². The third-order valence-corrected chi connectivity index (χ3v) is 4.44. The molecule has 0 radical (unpaired) electrons. The first-order chi connectivity index (χ1) is 9.21. The summed E-state index contributed by atoms with van der Waals surface area (Å²) in [6.07, 6.45) is 0.0312. The molecule has 2 heterocycles. The molecular weight excluding hydrogens is 262 g/mol. The van der Waals surface area contributed by atoms with Crippen molar-refractivity contribution in [2.75, 3.05) is 0 Å². The van der Waals surface area contributed by atoms with Crippen molar-refractivity contribution >= 4 is 11.9 Å². The summed E-state index contributed by atoms with van der Waals surface area (Å²) in [5.74, 6) is -1.90. The maximum atomic E-state index is 11.6. The summed E-state index contributed by atoms with van der Waals surface area (Å²) in [7, 11) is 0. The van der Waals surface area contributed by atoms with E-state index < -0.39 is 29.3 Å². The van der Waals surface area contributed by atoms with Crippen molar-refractivity contribution in [3.8, 4) is 0 Å². The van der Waals surface area contributed by atoms with E-state index in [1.807, 2.05) is 20.8 Å². The van der Waals surface area contributed by atoms with Crippen LogP contribution in [0.4, 0.5) is 0 Å². The molecule has 6 nitrogen and oxygen atoms in total. The van der Waals surface area contributed by atoms with Crippen LogP contribution in [0.15, 0.2) is 0 Å². The van der Waals surface area contributed by atoms with E-state index in [0.29, 0.717) is 6.42 Å². The fourth-order valence-electron chi connectivity index (χ4n) is 3.12. The Kier molecular flexibility index (Phi) is 3.81. The fraction of sp³-hybridized carbons (Fsp3) is 0.857. The second-order valence-electron chi connectivity index (χ2n) is 6.30. The van der Waals surface area contributed by atoms with Crippen LogP contribution in [-0.4, -0.2) is 41.0 Å². The number of aliphatic hydroxyl groups excluding tert-OH is 1. The molecule has 0 aromatic heterocycles. The lowest BCUT2D eigenvalue weighted by Crippen LogP contribution is -2.62. The quantitative estimate of drug-likeness (QED) is 0.730. The van der Waals surface area contributed by atoms with Crippen LogP contribution in [0.25, 0.3) is 0 Å². The van der Waals surface area contributed by atoms with Gasteiger partial charge in [-0.25, -0.2) is 0 Å². The van der Waals surface area contributed by atoms with E-state index in [9.17, 15) is 14.7 Å². The van der Waals surface area contributed by atoms with Crippen LogP contribution in [0.2, 0.25) is 0 Å². The largest absolute Gasteiger partial charge is 0.431 e. The van der Waals surface area contributed by atoms with E-state index >= 15 is 0 Å². The number of ether oxygens (including phenoxy) is 2. The molecule has 2 N–H and O–H groups in total. The Morgan fingerprint density at radius 2 is 2.15 bits per heavy atom. The smallest absolute Gasteiger partial charge is 0.310 e. The summed E-state index contributed by atoms with van der Waals surface area (Å²) in [5, 5.41) is 13.1. The summed E-state index contributed by atoms with van der Waals surface area (Å²) in [6, 6.07) is -0.549. The van der Waals surface area contributed by atoms with Gasteiger partial charge in [0.2, 0.25) is 11.7 Å². The zero-order valence-electron chi connectivity index (χ0n) is 12.4. The summed E-state index contributed by atoms with van der Waals surface area (Å²) < 4.78 is 11.4. The van der Waals surface area contributed by atoms with Crippen LogP contribution in [0.3, 0.4) is 0 Å². The number of nitrogens with one attached hydrogen (secondary N) is 1. The molecule has 2 fully saturated rings.